The Bertz CT molecular complexity index is 686. The minimum atomic E-state index is 0. The van der Waals surface area contributed by atoms with E-state index in [1.807, 2.05) is 25.2 Å². The van der Waals surface area contributed by atoms with E-state index in [1.165, 1.54) is 5.56 Å². The number of aryl methyl sites for hydroxylation is 1. The van der Waals surface area contributed by atoms with E-state index in [4.69, 9.17) is 11.6 Å². The normalized spacial score (nSPS) is 19.9. The SMILES string of the molecule is CN=C(NCc1ncnn1C)NC1CC1c1cccc(Cl)c1.I. The summed E-state index contributed by atoms with van der Waals surface area (Å²) >= 11 is 6.05. The molecule has 1 aliphatic rings. The van der Waals surface area contributed by atoms with Crippen LogP contribution in [-0.2, 0) is 13.6 Å². The molecule has 2 N–H and O–H groups in total. The van der Waals surface area contributed by atoms with Crippen LogP contribution in [0.15, 0.2) is 35.6 Å². The lowest BCUT2D eigenvalue weighted by Gasteiger charge is -2.11. The number of aliphatic imine (C=N–C) groups is 1. The van der Waals surface area contributed by atoms with Gasteiger partial charge in [0.25, 0.3) is 0 Å². The maximum atomic E-state index is 6.05. The summed E-state index contributed by atoms with van der Waals surface area (Å²) in [7, 11) is 3.64. The maximum absolute atomic E-state index is 6.05. The van der Waals surface area contributed by atoms with Gasteiger partial charge in [0.1, 0.15) is 12.2 Å². The van der Waals surface area contributed by atoms with Crippen molar-refractivity contribution in [2.45, 2.75) is 24.9 Å². The van der Waals surface area contributed by atoms with Crippen molar-refractivity contribution in [1.82, 2.24) is 25.4 Å². The minimum Gasteiger partial charge on any atom is -0.353 e. The van der Waals surface area contributed by atoms with Crippen LogP contribution in [0.25, 0.3) is 0 Å². The molecule has 0 aliphatic heterocycles. The third-order valence-corrected chi connectivity index (χ3v) is 4.07. The van der Waals surface area contributed by atoms with Crippen molar-refractivity contribution < 1.29 is 0 Å². The quantitative estimate of drug-likeness (QED) is 0.430. The number of nitrogens with one attached hydrogen (secondary N) is 2. The van der Waals surface area contributed by atoms with Crippen molar-refractivity contribution in [1.29, 1.82) is 0 Å². The summed E-state index contributed by atoms with van der Waals surface area (Å²) < 4.78 is 1.74. The van der Waals surface area contributed by atoms with Gasteiger partial charge in [-0.05, 0) is 24.1 Å². The molecule has 1 aromatic heterocycles. The lowest BCUT2D eigenvalue weighted by Crippen LogP contribution is -2.39. The first kappa shape index (κ1) is 18.0. The number of hydrogen-bond acceptors (Lipinski definition) is 3. The highest BCUT2D eigenvalue weighted by molar-refractivity contribution is 14.0. The van der Waals surface area contributed by atoms with E-state index in [1.54, 1.807) is 18.1 Å². The van der Waals surface area contributed by atoms with Crippen molar-refractivity contribution in [3.05, 3.63) is 47.0 Å². The fraction of sp³-hybridized carbons (Fsp3) is 0.400. The van der Waals surface area contributed by atoms with Crippen LogP contribution in [0.4, 0.5) is 0 Å². The van der Waals surface area contributed by atoms with E-state index < -0.39 is 0 Å². The summed E-state index contributed by atoms with van der Waals surface area (Å²) in [5, 5.41) is 11.5. The molecule has 0 bridgehead atoms. The first-order valence-electron chi connectivity index (χ1n) is 7.23. The predicted octanol–water partition coefficient (Wildman–Crippen LogP) is 2.31. The molecule has 3 rings (SSSR count). The lowest BCUT2D eigenvalue weighted by atomic mass is 10.1. The first-order chi connectivity index (χ1) is 10.7. The highest BCUT2D eigenvalue weighted by Crippen LogP contribution is 2.41. The van der Waals surface area contributed by atoms with Gasteiger partial charge in [-0.2, -0.15) is 5.10 Å². The lowest BCUT2D eigenvalue weighted by molar-refractivity contribution is 0.671. The van der Waals surface area contributed by atoms with E-state index >= 15 is 0 Å². The smallest absolute Gasteiger partial charge is 0.191 e. The number of nitrogens with zero attached hydrogens (tertiary/aromatic N) is 4. The molecule has 1 aromatic carbocycles. The number of halogens is 2. The predicted molar refractivity (Wildman–Crippen MR) is 102 cm³/mol. The Kier molecular flexibility index (Phi) is 6.23. The van der Waals surface area contributed by atoms with Crippen molar-refractivity contribution in [2.24, 2.45) is 12.0 Å². The summed E-state index contributed by atoms with van der Waals surface area (Å²) in [6.07, 6.45) is 2.63. The largest absolute Gasteiger partial charge is 0.353 e. The number of aromatic nitrogens is 3. The number of benzene rings is 1. The van der Waals surface area contributed by atoms with Crippen molar-refractivity contribution in [3.63, 3.8) is 0 Å². The van der Waals surface area contributed by atoms with E-state index in [9.17, 15) is 0 Å². The first-order valence-corrected chi connectivity index (χ1v) is 7.60. The van der Waals surface area contributed by atoms with Crippen LogP contribution >= 0.6 is 35.6 Å². The van der Waals surface area contributed by atoms with Crippen molar-refractivity contribution in [2.75, 3.05) is 7.05 Å². The van der Waals surface area contributed by atoms with Crippen LogP contribution in [0, 0.1) is 0 Å². The van der Waals surface area contributed by atoms with Gasteiger partial charge in [-0.3, -0.25) is 9.67 Å². The molecule has 2 atom stereocenters. The average Bonchev–Trinajstić information content (AvgIpc) is 3.17. The van der Waals surface area contributed by atoms with Gasteiger partial charge in [0, 0.05) is 31.1 Å². The Labute approximate surface area is 157 Å². The summed E-state index contributed by atoms with van der Waals surface area (Å²) in [6, 6.07) is 8.44. The molecule has 124 valence electrons. The molecule has 0 amide bonds. The molecule has 2 aromatic rings. The molecule has 23 heavy (non-hydrogen) atoms. The van der Waals surface area contributed by atoms with Gasteiger partial charge in [0.15, 0.2) is 5.96 Å². The Morgan fingerprint density at radius 1 is 1.48 bits per heavy atom. The molecule has 2 unspecified atom stereocenters. The zero-order chi connectivity index (χ0) is 15.5. The summed E-state index contributed by atoms with van der Waals surface area (Å²) in [5.74, 6) is 2.13. The van der Waals surface area contributed by atoms with Crippen LogP contribution in [0.2, 0.25) is 5.02 Å². The third kappa shape index (κ3) is 4.57. The molecule has 1 heterocycles. The zero-order valence-electron chi connectivity index (χ0n) is 13.0. The van der Waals surface area contributed by atoms with E-state index in [-0.39, 0.29) is 24.0 Å². The Morgan fingerprint density at radius 2 is 2.30 bits per heavy atom. The molecule has 0 radical (unpaired) electrons. The third-order valence-electron chi connectivity index (χ3n) is 3.83. The molecule has 8 heteroatoms. The standard InChI is InChI=1S/C15H19ClN6.HI/c1-17-15(18-8-14-19-9-20-22(14)2)21-13-7-12(13)10-4-3-5-11(16)6-10;/h3-6,9,12-13H,7-8H2,1-2H3,(H2,17,18,21);1H. The van der Waals surface area contributed by atoms with Gasteiger partial charge in [0.05, 0.1) is 6.54 Å². The van der Waals surface area contributed by atoms with E-state index in [0.717, 1.165) is 23.2 Å². The van der Waals surface area contributed by atoms with Crippen LogP contribution in [0.1, 0.15) is 23.7 Å². The molecule has 0 spiro atoms. The molecule has 1 saturated carbocycles. The Morgan fingerprint density at radius 3 is 2.96 bits per heavy atom. The highest BCUT2D eigenvalue weighted by atomic mass is 127. The Hall–Kier alpha value is -1.35. The van der Waals surface area contributed by atoms with Crippen LogP contribution in [-0.4, -0.2) is 33.8 Å². The van der Waals surface area contributed by atoms with Gasteiger partial charge >= 0.3 is 0 Å². The minimum absolute atomic E-state index is 0. The van der Waals surface area contributed by atoms with E-state index in [0.29, 0.717) is 18.5 Å². The van der Waals surface area contributed by atoms with Crippen molar-refractivity contribution in [3.8, 4) is 0 Å². The summed E-state index contributed by atoms with van der Waals surface area (Å²) in [6.45, 7) is 0.588. The van der Waals surface area contributed by atoms with E-state index in [2.05, 4.69) is 31.8 Å². The highest BCUT2D eigenvalue weighted by Gasteiger charge is 2.39. The summed E-state index contributed by atoms with van der Waals surface area (Å²) in [4.78, 5) is 8.43. The zero-order valence-corrected chi connectivity index (χ0v) is 16.1. The Balaban J connectivity index is 0.00000192. The molecule has 6 nitrogen and oxygen atoms in total. The molecular formula is C15H20ClIN6. The van der Waals surface area contributed by atoms with Gasteiger partial charge in [-0.25, -0.2) is 4.98 Å². The second-order valence-electron chi connectivity index (χ2n) is 5.37. The van der Waals surface area contributed by atoms with Gasteiger partial charge in [-0.1, -0.05) is 23.7 Å². The van der Waals surface area contributed by atoms with Gasteiger partial charge in [-0.15, -0.1) is 24.0 Å². The van der Waals surface area contributed by atoms with Crippen LogP contribution in [0.3, 0.4) is 0 Å². The average molecular weight is 447 g/mol. The number of rotatable bonds is 4. The van der Waals surface area contributed by atoms with Crippen LogP contribution in [0.5, 0.6) is 0 Å². The number of guanidine groups is 1. The second-order valence-corrected chi connectivity index (χ2v) is 5.81. The number of hydrogen-bond donors (Lipinski definition) is 2. The summed E-state index contributed by atoms with van der Waals surface area (Å²) in [5.41, 5.74) is 1.27. The monoisotopic (exact) mass is 446 g/mol. The van der Waals surface area contributed by atoms with Gasteiger partial charge < -0.3 is 10.6 Å². The van der Waals surface area contributed by atoms with Crippen molar-refractivity contribution >= 4 is 41.5 Å². The fourth-order valence-electron chi connectivity index (χ4n) is 2.47. The second kappa shape index (κ2) is 7.96. The molecule has 0 saturated heterocycles. The van der Waals surface area contributed by atoms with Crippen LogP contribution < -0.4 is 10.6 Å². The molecule has 1 fully saturated rings. The maximum Gasteiger partial charge on any atom is 0.191 e. The topological polar surface area (TPSA) is 67.1 Å². The fourth-order valence-corrected chi connectivity index (χ4v) is 2.67. The molecular weight excluding hydrogens is 427 g/mol. The van der Waals surface area contributed by atoms with Gasteiger partial charge in [0.2, 0.25) is 0 Å². The molecule has 1 aliphatic carbocycles.